The van der Waals surface area contributed by atoms with E-state index < -0.39 is 17.3 Å². The summed E-state index contributed by atoms with van der Waals surface area (Å²) in [5.41, 5.74) is 2.34. The monoisotopic (exact) mass is 584 g/mol. The Bertz CT molecular complexity index is 1750. The summed E-state index contributed by atoms with van der Waals surface area (Å²) in [5.74, 6) is -0.0881. The van der Waals surface area contributed by atoms with E-state index >= 15 is 0 Å². The highest BCUT2D eigenvalue weighted by Crippen LogP contribution is 2.36. The molecule has 1 heterocycles. The number of carbonyl (C=O) groups excluding carboxylic acids is 2. The molecule has 0 spiro atoms. The molecule has 0 atom stereocenters. The molecule has 10 heteroatoms. The number of nitrogens with zero attached hydrogens (tertiary/aromatic N) is 1. The Morgan fingerprint density at radius 3 is 2.40 bits per heavy atom. The van der Waals surface area contributed by atoms with Crippen LogP contribution in [0, 0.1) is 25.6 Å². The number of hydrogen-bond acceptors (Lipinski definition) is 6. The summed E-state index contributed by atoms with van der Waals surface area (Å²) in [6, 6.07) is 18.2. The number of carbonyl (C=O) groups is 2. The molecule has 1 aromatic heterocycles. The highest BCUT2D eigenvalue weighted by Gasteiger charge is 2.30. The first-order chi connectivity index (χ1) is 20.6. The van der Waals surface area contributed by atoms with Crippen LogP contribution in [0.15, 0.2) is 71.5 Å². The van der Waals surface area contributed by atoms with Gasteiger partial charge >= 0.3 is 0 Å². The molecule has 3 N–H and O–H groups in total. The Morgan fingerprint density at radius 1 is 0.977 bits per heavy atom. The van der Waals surface area contributed by atoms with Crippen LogP contribution in [0.3, 0.4) is 0 Å². The second-order valence-electron chi connectivity index (χ2n) is 10.6. The number of halogens is 1. The van der Waals surface area contributed by atoms with Gasteiger partial charge < -0.3 is 25.4 Å². The number of hydrogen-bond donors (Lipinski definition) is 3. The summed E-state index contributed by atoms with van der Waals surface area (Å²) < 4.78 is 27.6. The number of rotatable bonds is 10. The molecule has 2 amide bonds. The first kappa shape index (κ1) is 29.4. The van der Waals surface area contributed by atoms with Crippen LogP contribution in [0.5, 0.6) is 17.2 Å². The van der Waals surface area contributed by atoms with Crippen molar-refractivity contribution in [1.82, 2.24) is 9.88 Å². The van der Waals surface area contributed by atoms with E-state index in [1.165, 1.54) is 29.8 Å². The molecule has 3 aromatic carbocycles. The van der Waals surface area contributed by atoms with Gasteiger partial charge in [-0.15, -0.1) is 0 Å². The molecule has 0 saturated heterocycles. The van der Waals surface area contributed by atoms with Gasteiger partial charge in [0.15, 0.2) is 0 Å². The molecule has 0 aliphatic heterocycles. The number of ether oxygens (including phenoxy) is 2. The Morgan fingerprint density at radius 2 is 1.72 bits per heavy atom. The number of benzene rings is 3. The molecule has 0 radical (unpaired) electrons. The van der Waals surface area contributed by atoms with E-state index in [1.54, 1.807) is 57.4 Å². The maximum atomic E-state index is 14.9. The number of anilines is 3. The van der Waals surface area contributed by atoms with Gasteiger partial charge in [0.1, 0.15) is 34.4 Å². The first-order valence-corrected chi connectivity index (χ1v) is 13.9. The van der Waals surface area contributed by atoms with Crippen LogP contribution in [0.25, 0.3) is 0 Å². The number of amides is 2. The lowest BCUT2D eigenvalue weighted by Crippen LogP contribution is -2.29. The summed E-state index contributed by atoms with van der Waals surface area (Å²) in [6.07, 6.45) is 1.72. The molecule has 1 saturated carbocycles. The summed E-state index contributed by atoms with van der Waals surface area (Å²) in [7, 11) is 3.06. The number of aromatic nitrogens is 1. The first-order valence-electron chi connectivity index (χ1n) is 13.9. The lowest BCUT2D eigenvalue weighted by Gasteiger charge is -2.20. The van der Waals surface area contributed by atoms with E-state index in [0.29, 0.717) is 22.7 Å². The van der Waals surface area contributed by atoms with Crippen molar-refractivity contribution < 1.29 is 23.5 Å². The van der Waals surface area contributed by atoms with Gasteiger partial charge in [-0.3, -0.25) is 19.0 Å². The van der Waals surface area contributed by atoms with E-state index in [9.17, 15) is 18.8 Å². The fourth-order valence-corrected chi connectivity index (χ4v) is 4.54. The van der Waals surface area contributed by atoms with Crippen molar-refractivity contribution in [3.05, 3.63) is 105 Å². The maximum absolute atomic E-state index is 14.9. The third-order valence-electron chi connectivity index (χ3n) is 7.33. The van der Waals surface area contributed by atoms with E-state index in [4.69, 9.17) is 9.47 Å². The molecule has 1 fully saturated rings. The van der Waals surface area contributed by atoms with Gasteiger partial charge in [-0.05, 0) is 74.2 Å². The Kier molecular flexibility index (Phi) is 8.47. The average Bonchev–Trinajstić information content (AvgIpc) is 3.84. The van der Waals surface area contributed by atoms with Gasteiger partial charge in [-0.25, -0.2) is 4.39 Å². The minimum Gasteiger partial charge on any atom is -0.497 e. The van der Waals surface area contributed by atoms with Crippen LogP contribution in [-0.4, -0.2) is 23.5 Å². The molecule has 5 rings (SSSR count). The Labute approximate surface area is 248 Å². The minimum atomic E-state index is -0.549. The van der Waals surface area contributed by atoms with Crippen LogP contribution in [0.4, 0.5) is 21.6 Å². The highest BCUT2D eigenvalue weighted by atomic mass is 19.1. The SMILES string of the molecule is COc1ccc(CNC(=O)c2c(Oc3cccc(NC(=O)C4CC4)c3C)cc(=O)n(C)c2Nc2ccc(C)cc2F)cc1. The fraction of sp³-hybridized carbons (Fsp3) is 0.242. The summed E-state index contributed by atoms with van der Waals surface area (Å²) in [5, 5.41) is 8.75. The molecule has 0 unspecified atom stereocenters. The van der Waals surface area contributed by atoms with E-state index in [-0.39, 0.29) is 41.2 Å². The number of pyridine rings is 1. The summed E-state index contributed by atoms with van der Waals surface area (Å²) in [6.45, 7) is 3.72. The van der Waals surface area contributed by atoms with Gasteiger partial charge in [-0.1, -0.05) is 24.3 Å². The normalized spacial score (nSPS) is 12.4. The number of methoxy groups -OCH3 is 1. The zero-order chi connectivity index (χ0) is 30.7. The van der Waals surface area contributed by atoms with E-state index in [0.717, 1.165) is 24.0 Å². The topological polar surface area (TPSA) is 111 Å². The quantitative estimate of drug-likeness (QED) is 0.212. The second kappa shape index (κ2) is 12.4. The third kappa shape index (κ3) is 6.69. The molecular formula is C33H33FN4O5. The van der Waals surface area contributed by atoms with Crippen LogP contribution >= 0.6 is 0 Å². The van der Waals surface area contributed by atoms with Gasteiger partial charge in [-0.2, -0.15) is 0 Å². The third-order valence-corrected chi connectivity index (χ3v) is 7.33. The molecule has 0 bridgehead atoms. The lowest BCUT2D eigenvalue weighted by molar-refractivity contribution is -0.117. The van der Waals surface area contributed by atoms with Gasteiger partial charge in [0.2, 0.25) is 5.91 Å². The Balaban J connectivity index is 1.54. The number of aryl methyl sites for hydroxylation is 1. The van der Waals surface area contributed by atoms with Crippen LogP contribution < -0.4 is 31.0 Å². The number of nitrogens with one attached hydrogen (secondary N) is 3. The maximum Gasteiger partial charge on any atom is 0.259 e. The molecule has 4 aromatic rings. The van der Waals surface area contributed by atoms with Crippen LogP contribution in [0.2, 0.25) is 0 Å². The summed E-state index contributed by atoms with van der Waals surface area (Å²) in [4.78, 5) is 39.4. The van der Waals surface area contributed by atoms with Crippen LogP contribution in [-0.2, 0) is 18.4 Å². The minimum absolute atomic E-state index is 0.00223. The van der Waals surface area contributed by atoms with Crippen molar-refractivity contribution in [1.29, 1.82) is 0 Å². The van der Waals surface area contributed by atoms with Crippen molar-refractivity contribution in [2.24, 2.45) is 13.0 Å². The van der Waals surface area contributed by atoms with E-state index in [2.05, 4.69) is 16.0 Å². The van der Waals surface area contributed by atoms with Crippen molar-refractivity contribution in [3.63, 3.8) is 0 Å². The van der Waals surface area contributed by atoms with Gasteiger partial charge in [0, 0.05) is 36.8 Å². The highest BCUT2D eigenvalue weighted by molar-refractivity contribution is 6.02. The van der Waals surface area contributed by atoms with Crippen molar-refractivity contribution >= 4 is 29.0 Å². The fourth-order valence-electron chi connectivity index (χ4n) is 4.54. The van der Waals surface area contributed by atoms with Crippen molar-refractivity contribution in [2.45, 2.75) is 33.2 Å². The molecular weight excluding hydrogens is 551 g/mol. The van der Waals surface area contributed by atoms with Crippen molar-refractivity contribution in [2.75, 3.05) is 17.7 Å². The molecule has 43 heavy (non-hydrogen) atoms. The van der Waals surface area contributed by atoms with Crippen LogP contribution in [0.1, 0.15) is 39.9 Å². The summed E-state index contributed by atoms with van der Waals surface area (Å²) >= 11 is 0. The molecule has 9 nitrogen and oxygen atoms in total. The van der Waals surface area contributed by atoms with Gasteiger partial charge in [0.25, 0.3) is 11.5 Å². The average molecular weight is 585 g/mol. The smallest absolute Gasteiger partial charge is 0.259 e. The van der Waals surface area contributed by atoms with E-state index in [1.807, 2.05) is 12.1 Å². The molecule has 222 valence electrons. The predicted molar refractivity (Wildman–Crippen MR) is 163 cm³/mol. The largest absolute Gasteiger partial charge is 0.497 e. The standard InChI is InChI=1S/C33H33FN4O5/c1-19-8-15-26(24(34)16-19)36-31-30(33(41)35-18-21-9-13-23(42-4)14-10-21)28(17-29(39)38(31)3)43-27-7-5-6-25(20(27)2)37-32(40)22-11-12-22/h5-10,13-17,22,36H,11-12,18H2,1-4H3,(H,35,41)(H,37,40). The second-order valence-corrected chi connectivity index (χ2v) is 10.6. The lowest BCUT2D eigenvalue weighted by atomic mass is 10.1. The zero-order valence-corrected chi connectivity index (χ0v) is 24.4. The van der Waals surface area contributed by atoms with Crippen molar-refractivity contribution in [3.8, 4) is 17.2 Å². The zero-order valence-electron chi connectivity index (χ0n) is 24.4. The Hall–Kier alpha value is -5.12. The van der Waals surface area contributed by atoms with Gasteiger partial charge in [0.05, 0.1) is 12.8 Å². The predicted octanol–water partition coefficient (Wildman–Crippen LogP) is 5.96. The molecule has 1 aliphatic carbocycles. The molecule has 1 aliphatic rings.